The number of aliphatic carboxylic acids is 1. The average molecular weight is 284 g/mol. The van der Waals surface area contributed by atoms with E-state index >= 15 is 0 Å². The van der Waals surface area contributed by atoms with Gasteiger partial charge in [-0.3, -0.25) is 14.5 Å². The molecule has 1 saturated heterocycles. The first kappa shape index (κ1) is 14.4. The summed E-state index contributed by atoms with van der Waals surface area (Å²) in [6.07, 6.45) is 1.18. The van der Waals surface area contributed by atoms with E-state index < -0.39 is 29.6 Å². The number of rotatable bonds is 4. The van der Waals surface area contributed by atoms with Crippen LogP contribution < -0.4 is 5.32 Å². The Kier molecular flexibility index (Phi) is 4.29. The van der Waals surface area contributed by atoms with E-state index in [1.165, 1.54) is 4.90 Å². The molecule has 1 aliphatic heterocycles. The van der Waals surface area contributed by atoms with Gasteiger partial charge in [-0.25, -0.2) is 8.78 Å². The third-order valence-corrected chi connectivity index (χ3v) is 3.20. The monoisotopic (exact) mass is 284 g/mol. The fourth-order valence-corrected chi connectivity index (χ4v) is 2.26. The van der Waals surface area contributed by atoms with E-state index in [0.717, 1.165) is 18.2 Å². The van der Waals surface area contributed by atoms with Crippen molar-refractivity contribution < 1.29 is 23.5 Å². The number of benzene rings is 1. The quantitative estimate of drug-likeness (QED) is 0.878. The largest absolute Gasteiger partial charge is 0.480 e. The Morgan fingerprint density at radius 1 is 1.40 bits per heavy atom. The lowest BCUT2D eigenvalue weighted by Crippen LogP contribution is -2.41. The Labute approximate surface area is 114 Å². The minimum atomic E-state index is -0.979. The predicted octanol–water partition coefficient (Wildman–Crippen LogP) is 1.45. The van der Waals surface area contributed by atoms with Gasteiger partial charge < -0.3 is 10.4 Å². The molecule has 0 unspecified atom stereocenters. The first-order chi connectivity index (χ1) is 9.47. The molecule has 5 nitrogen and oxygen atoms in total. The lowest BCUT2D eigenvalue weighted by Gasteiger charge is -2.20. The molecular formula is C13H14F2N2O3. The van der Waals surface area contributed by atoms with Gasteiger partial charge in [0.25, 0.3) is 0 Å². The van der Waals surface area contributed by atoms with Gasteiger partial charge in [0.15, 0.2) is 0 Å². The summed E-state index contributed by atoms with van der Waals surface area (Å²) in [6.45, 7) is 0.336. The van der Waals surface area contributed by atoms with Crippen LogP contribution in [0.4, 0.5) is 14.5 Å². The van der Waals surface area contributed by atoms with Gasteiger partial charge in [0.1, 0.15) is 17.7 Å². The molecule has 7 heteroatoms. The number of nitrogens with zero attached hydrogens (tertiary/aromatic N) is 1. The summed E-state index contributed by atoms with van der Waals surface area (Å²) in [7, 11) is 0. The fraction of sp³-hybridized carbons (Fsp3) is 0.385. The topological polar surface area (TPSA) is 69.6 Å². The number of anilines is 1. The van der Waals surface area contributed by atoms with Gasteiger partial charge in [-0.2, -0.15) is 0 Å². The third kappa shape index (κ3) is 3.30. The van der Waals surface area contributed by atoms with Gasteiger partial charge in [-0.15, -0.1) is 0 Å². The van der Waals surface area contributed by atoms with Crippen molar-refractivity contribution in [2.75, 3.05) is 18.4 Å². The van der Waals surface area contributed by atoms with Gasteiger partial charge in [-0.05, 0) is 31.5 Å². The molecular weight excluding hydrogens is 270 g/mol. The molecule has 2 rings (SSSR count). The molecule has 0 aliphatic carbocycles. The summed E-state index contributed by atoms with van der Waals surface area (Å²) >= 11 is 0. The van der Waals surface area contributed by atoms with Gasteiger partial charge in [0.2, 0.25) is 5.91 Å². The second-order valence-corrected chi connectivity index (χ2v) is 4.64. The van der Waals surface area contributed by atoms with Gasteiger partial charge >= 0.3 is 5.97 Å². The zero-order valence-electron chi connectivity index (χ0n) is 10.6. The first-order valence-corrected chi connectivity index (χ1v) is 6.19. The van der Waals surface area contributed by atoms with Crippen LogP contribution in [-0.4, -0.2) is 41.0 Å². The van der Waals surface area contributed by atoms with Crippen molar-refractivity contribution in [2.24, 2.45) is 0 Å². The normalized spacial score (nSPS) is 19.0. The highest BCUT2D eigenvalue weighted by molar-refractivity contribution is 5.92. The van der Waals surface area contributed by atoms with Crippen molar-refractivity contribution >= 4 is 17.6 Å². The lowest BCUT2D eigenvalue weighted by molar-refractivity contribution is -0.142. The molecule has 1 heterocycles. The van der Waals surface area contributed by atoms with Crippen LogP contribution >= 0.6 is 0 Å². The lowest BCUT2D eigenvalue weighted by atomic mass is 10.2. The van der Waals surface area contributed by atoms with Crippen LogP contribution in [0, 0.1) is 11.6 Å². The summed E-state index contributed by atoms with van der Waals surface area (Å²) in [5, 5.41) is 11.2. The zero-order valence-corrected chi connectivity index (χ0v) is 10.6. The maximum absolute atomic E-state index is 13.4. The molecule has 1 aromatic rings. The maximum atomic E-state index is 13.4. The van der Waals surface area contributed by atoms with E-state index in [0.29, 0.717) is 19.4 Å². The van der Waals surface area contributed by atoms with E-state index in [1.54, 1.807) is 0 Å². The minimum Gasteiger partial charge on any atom is -0.480 e. The van der Waals surface area contributed by atoms with Crippen molar-refractivity contribution in [2.45, 2.75) is 18.9 Å². The van der Waals surface area contributed by atoms with Crippen LogP contribution in [-0.2, 0) is 9.59 Å². The van der Waals surface area contributed by atoms with Crippen LogP contribution in [0.1, 0.15) is 12.8 Å². The van der Waals surface area contributed by atoms with Crippen molar-refractivity contribution in [3.63, 3.8) is 0 Å². The molecule has 0 bridgehead atoms. The maximum Gasteiger partial charge on any atom is 0.320 e. The van der Waals surface area contributed by atoms with Crippen LogP contribution in [0.5, 0.6) is 0 Å². The van der Waals surface area contributed by atoms with Gasteiger partial charge in [0.05, 0.1) is 12.2 Å². The van der Waals surface area contributed by atoms with Crippen molar-refractivity contribution in [1.29, 1.82) is 0 Å². The van der Waals surface area contributed by atoms with E-state index in [2.05, 4.69) is 5.32 Å². The van der Waals surface area contributed by atoms with E-state index in [-0.39, 0.29) is 12.2 Å². The van der Waals surface area contributed by atoms with E-state index in [4.69, 9.17) is 5.11 Å². The minimum absolute atomic E-state index is 0.160. The van der Waals surface area contributed by atoms with Gasteiger partial charge in [-0.1, -0.05) is 0 Å². The fourth-order valence-electron chi connectivity index (χ4n) is 2.26. The standard InChI is InChI=1S/C13H14F2N2O3/c14-8-3-4-9(15)10(6-8)16-12(18)7-17-5-1-2-11(17)13(19)20/h3-4,6,11H,1-2,5,7H2,(H,16,18)(H,19,20)/t11-/m0/s1. The molecule has 0 aromatic heterocycles. The molecule has 20 heavy (non-hydrogen) atoms. The first-order valence-electron chi connectivity index (χ1n) is 6.19. The molecule has 1 atom stereocenters. The molecule has 1 aromatic carbocycles. The number of likely N-dealkylation sites (tertiary alicyclic amines) is 1. The highest BCUT2D eigenvalue weighted by Gasteiger charge is 2.31. The van der Waals surface area contributed by atoms with Crippen molar-refractivity contribution in [1.82, 2.24) is 4.90 Å². The number of amides is 1. The van der Waals surface area contributed by atoms with E-state index in [1.807, 2.05) is 0 Å². The summed E-state index contributed by atoms with van der Waals surface area (Å²) in [5.74, 6) is -2.95. The van der Waals surface area contributed by atoms with Crippen LogP contribution in [0.2, 0.25) is 0 Å². The smallest absolute Gasteiger partial charge is 0.320 e. The number of nitrogens with one attached hydrogen (secondary N) is 1. The predicted molar refractivity (Wildman–Crippen MR) is 67.2 cm³/mol. The second kappa shape index (κ2) is 5.96. The van der Waals surface area contributed by atoms with Crippen molar-refractivity contribution in [3.05, 3.63) is 29.8 Å². The number of carbonyl (C=O) groups excluding carboxylic acids is 1. The third-order valence-electron chi connectivity index (χ3n) is 3.20. The summed E-state index contributed by atoms with van der Waals surface area (Å²) in [6, 6.07) is 2.05. The van der Waals surface area contributed by atoms with Crippen LogP contribution in [0.3, 0.4) is 0 Å². The summed E-state index contributed by atoms with van der Waals surface area (Å²) in [5.41, 5.74) is -0.249. The SMILES string of the molecule is O=C(CN1CCC[C@H]1C(=O)O)Nc1cc(F)ccc1F. The molecule has 1 fully saturated rings. The Morgan fingerprint density at radius 3 is 2.85 bits per heavy atom. The van der Waals surface area contributed by atoms with E-state index in [9.17, 15) is 18.4 Å². The molecule has 0 radical (unpaired) electrons. The average Bonchev–Trinajstić information content (AvgIpc) is 2.82. The number of halogens is 2. The molecule has 0 spiro atoms. The number of carboxylic acid groups (broad SMARTS) is 1. The number of carboxylic acids is 1. The highest BCUT2D eigenvalue weighted by Crippen LogP contribution is 2.18. The second-order valence-electron chi connectivity index (χ2n) is 4.64. The number of hydrogen-bond acceptors (Lipinski definition) is 3. The summed E-state index contributed by atoms with van der Waals surface area (Å²) < 4.78 is 26.3. The Bertz CT molecular complexity index is 536. The molecule has 1 aliphatic rings. The molecule has 1 amide bonds. The van der Waals surface area contributed by atoms with Crippen molar-refractivity contribution in [3.8, 4) is 0 Å². The molecule has 108 valence electrons. The summed E-state index contributed by atoms with van der Waals surface area (Å²) in [4.78, 5) is 24.2. The van der Waals surface area contributed by atoms with Gasteiger partial charge in [0, 0.05) is 6.07 Å². The Hall–Kier alpha value is -2.02. The van der Waals surface area contributed by atoms with Crippen LogP contribution in [0.25, 0.3) is 0 Å². The number of carbonyl (C=O) groups is 2. The molecule has 2 N–H and O–H groups in total. The Morgan fingerprint density at radius 2 is 2.15 bits per heavy atom. The number of hydrogen-bond donors (Lipinski definition) is 2. The highest BCUT2D eigenvalue weighted by atomic mass is 19.1. The zero-order chi connectivity index (χ0) is 14.7. The van der Waals surface area contributed by atoms with Crippen LogP contribution in [0.15, 0.2) is 18.2 Å². The molecule has 0 saturated carbocycles. The Balaban J connectivity index is 1.99.